The zero-order valence-electron chi connectivity index (χ0n) is 32.6. The molecule has 0 N–H and O–H groups in total. The molecule has 0 amide bonds. The molecule has 0 atom stereocenters. The minimum Gasteiger partial charge on any atom is -0.465 e. The van der Waals surface area contributed by atoms with Gasteiger partial charge in [0.05, 0.1) is 32.1 Å². The van der Waals surface area contributed by atoms with Gasteiger partial charge in [0.2, 0.25) is 0 Å². The lowest BCUT2D eigenvalue weighted by Crippen LogP contribution is -1.98. The maximum Gasteiger partial charge on any atom is 0.115 e. The highest BCUT2D eigenvalue weighted by Gasteiger charge is 2.29. The van der Waals surface area contributed by atoms with Crippen molar-refractivity contribution in [3.8, 4) is 0 Å². The maximum absolute atomic E-state index is 6.91. The quantitative estimate of drug-likeness (QED) is 0.144. The van der Waals surface area contributed by atoms with Crippen LogP contribution < -0.4 is 0 Å². The van der Waals surface area contributed by atoms with Crippen LogP contribution in [0.3, 0.4) is 0 Å². The zero-order chi connectivity index (χ0) is 35.7. The molecule has 1 aliphatic rings. The minimum absolute atomic E-state index is 0.667. The van der Waals surface area contributed by atoms with Crippen molar-refractivity contribution in [2.75, 3.05) is 0 Å². The Morgan fingerprint density at radius 2 is 0.320 bits per heavy atom. The second-order valence-corrected chi connectivity index (χ2v) is 13.9. The standard InChI is InChI=1S/C45H60O5/c1-11-26-27(12-2)37-22-39-30(15-5)31(16-6)41(48-39)24-43-34(19-9)35(20-10)45(50-43)25-44-33(18-8)32(17-7)42(49-44)23-40-29(14-4)28(13-3)38(47-40)21-36(26)46-37/h11-25H2,1-10H3. The van der Waals surface area contributed by atoms with E-state index in [-0.39, 0.29) is 0 Å². The highest BCUT2D eigenvalue weighted by atomic mass is 16.4. The van der Waals surface area contributed by atoms with Gasteiger partial charge in [0.15, 0.2) is 0 Å². The van der Waals surface area contributed by atoms with Gasteiger partial charge in [-0.1, -0.05) is 69.2 Å². The molecule has 0 aromatic carbocycles. The summed E-state index contributed by atoms with van der Waals surface area (Å²) < 4.78 is 34.6. The lowest BCUT2D eigenvalue weighted by molar-refractivity contribution is 0.400. The fraction of sp³-hybridized carbons (Fsp3) is 0.556. The van der Waals surface area contributed by atoms with Gasteiger partial charge in [-0.3, -0.25) is 0 Å². The van der Waals surface area contributed by atoms with Crippen molar-refractivity contribution in [2.45, 2.75) is 166 Å². The molecule has 0 fully saturated rings. The van der Waals surface area contributed by atoms with Crippen LogP contribution in [0.15, 0.2) is 22.1 Å². The average molecular weight is 681 g/mol. The summed E-state index contributed by atoms with van der Waals surface area (Å²) >= 11 is 0. The number of hydrogen-bond donors (Lipinski definition) is 0. The van der Waals surface area contributed by atoms with Crippen molar-refractivity contribution in [1.29, 1.82) is 0 Å². The van der Waals surface area contributed by atoms with Crippen molar-refractivity contribution in [2.24, 2.45) is 0 Å². The first-order chi connectivity index (χ1) is 24.3. The molecule has 0 spiro atoms. The summed E-state index contributed by atoms with van der Waals surface area (Å²) in [6, 6.07) is 0. The van der Waals surface area contributed by atoms with Gasteiger partial charge in [-0.25, -0.2) is 0 Å². The van der Waals surface area contributed by atoms with Gasteiger partial charge in [-0.2, -0.15) is 0 Å². The summed E-state index contributed by atoms with van der Waals surface area (Å²) in [6.07, 6.45) is 12.6. The average Bonchev–Trinajstić information content (AvgIpc) is 3.90. The molecule has 1 aliphatic heterocycles. The monoisotopic (exact) mass is 680 g/mol. The second-order valence-electron chi connectivity index (χ2n) is 13.9. The summed E-state index contributed by atoms with van der Waals surface area (Å²) in [5.41, 5.74) is 13.3. The molecular formula is C45H60O5. The lowest BCUT2D eigenvalue weighted by atomic mass is 9.96. The Labute approximate surface area is 300 Å². The first-order valence-electron chi connectivity index (χ1n) is 19.9. The highest BCUT2D eigenvalue weighted by molar-refractivity contribution is 5.46. The summed E-state index contributed by atoms with van der Waals surface area (Å²) in [7, 11) is 0. The minimum atomic E-state index is 0.667. The number of furan rings is 5. The summed E-state index contributed by atoms with van der Waals surface area (Å²) in [6.45, 7) is 22.5. The molecule has 50 heavy (non-hydrogen) atoms. The van der Waals surface area contributed by atoms with E-state index in [0.29, 0.717) is 32.1 Å². The topological polar surface area (TPSA) is 65.7 Å². The maximum atomic E-state index is 6.91. The number of rotatable bonds is 10. The van der Waals surface area contributed by atoms with Crippen LogP contribution in [0.2, 0.25) is 0 Å². The Morgan fingerprint density at radius 1 is 0.220 bits per heavy atom. The SMILES string of the molecule is CCc1c2oc(c1CC)Cc1oc(c(CC)c1CC)Cc1oc(c(CC)c1CC)Cc1oc(c(CC)c1CC)Cc1oc(c(CC)c1CC)C2. The van der Waals surface area contributed by atoms with Crippen molar-refractivity contribution in [1.82, 2.24) is 0 Å². The van der Waals surface area contributed by atoms with E-state index in [9.17, 15) is 0 Å². The van der Waals surface area contributed by atoms with Gasteiger partial charge in [0.25, 0.3) is 0 Å². The summed E-state index contributed by atoms with van der Waals surface area (Å²) in [5.74, 6) is 10.4. The molecule has 5 heteroatoms. The molecule has 10 bridgehead atoms. The zero-order valence-corrected chi connectivity index (χ0v) is 32.6. The van der Waals surface area contributed by atoms with Gasteiger partial charge in [-0.05, 0) is 120 Å². The smallest absolute Gasteiger partial charge is 0.115 e. The van der Waals surface area contributed by atoms with Crippen LogP contribution in [-0.4, -0.2) is 0 Å². The first-order valence-corrected chi connectivity index (χ1v) is 19.9. The van der Waals surface area contributed by atoms with Gasteiger partial charge in [0.1, 0.15) is 57.6 Å². The van der Waals surface area contributed by atoms with E-state index in [1.54, 1.807) is 0 Å². The second kappa shape index (κ2) is 15.3. The first kappa shape index (κ1) is 36.2. The molecule has 0 saturated carbocycles. The van der Waals surface area contributed by atoms with Crippen LogP contribution in [-0.2, 0) is 96.3 Å². The molecule has 5 aromatic rings. The largest absolute Gasteiger partial charge is 0.465 e. The molecular weight excluding hydrogens is 620 g/mol. The third kappa shape index (κ3) is 6.17. The molecule has 5 aromatic heterocycles. The van der Waals surface area contributed by atoms with Crippen LogP contribution >= 0.6 is 0 Å². The van der Waals surface area contributed by atoms with Crippen molar-refractivity contribution in [3.05, 3.63) is 113 Å². The molecule has 5 nitrogen and oxygen atoms in total. The van der Waals surface area contributed by atoms with E-state index in [1.165, 1.54) is 55.6 Å². The van der Waals surface area contributed by atoms with Crippen molar-refractivity contribution in [3.63, 3.8) is 0 Å². The van der Waals surface area contributed by atoms with E-state index in [0.717, 1.165) is 122 Å². The number of hydrogen-bond acceptors (Lipinski definition) is 5. The molecule has 0 saturated heterocycles. The van der Waals surface area contributed by atoms with Crippen LogP contribution in [0.1, 0.15) is 182 Å². The van der Waals surface area contributed by atoms with E-state index in [2.05, 4.69) is 69.2 Å². The van der Waals surface area contributed by atoms with Crippen LogP contribution in [0.4, 0.5) is 0 Å². The van der Waals surface area contributed by atoms with Crippen molar-refractivity contribution >= 4 is 0 Å². The van der Waals surface area contributed by atoms with E-state index < -0.39 is 0 Å². The van der Waals surface area contributed by atoms with Gasteiger partial charge in [0, 0.05) is 0 Å². The summed E-state index contributed by atoms with van der Waals surface area (Å²) in [5, 5.41) is 0. The fourth-order valence-electron chi connectivity index (χ4n) is 9.31. The normalized spacial score (nSPS) is 13.4. The molecule has 0 radical (unpaired) electrons. The summed E-state index contributed by atoms with van der Waals surface area (Å²) in [4.78, 5) is 0. The van der Waals surface area contributed by atoms with Crippen molar-refractivity contribution < 1.29 is 22.1 Å². The molecule has 0 aliphatic carbocycles. The highest BCUT2D eigenvalue weighted by Crippen LogP contribution is 2.38. The van der Waals surface area contributed by atoms with Crippen LogP contribution in [0.25, 0.3) is 0 Å². The Bertz CT molecular complexity index is 1490. The lowest BCUT2D eigenvalue weighted by Gasteiger charge is -2.04. The Balaban J connectivity index is 1.62. The fourth-order valence-corrected chi connectivity index (χ4v) is 9.31. The Hall–Kier alpha value is -3.60. The van der Waals surface area contributed by atoms with Crippen LogP contribution in [0.5, 0.6) is 0 Å². The molecule has 270 valence electrons. The molecule has 0 unspecified atom stereocenters. The predicted octanol–water partition coefficient (Wildman–Crippen LogP) is 11.5. The van der Waals surface area contributed by atoms with E-state index in [1.807, 2.05) is 0 Å². The molecule has 6 rings (SSSR count). The third-order valence-electron chi connectivity index (χ3n) is 11.6. The van der Waals surface area contributed by atoms with E-state index >= 15 is 0 Å². The predicted molar refractivity (Wildman–Crippen MR) is 201 cm³/mol. The Morgan fingerprint density at radius 3 is 0.400 bits per heavy atom. The Kier molecular flexibility index (Phi) is 11.1. The van der Waals surface area contributed by atoms with Gasteiger partial charge < -0.3 is 22.1 Å². The number of fused-ring (bicyclic) bond motifs is 10. The van der Waals surface area contributed by atoms with Crippen LogP contribution in [0, 0.1) is 0 Å². The molecule has 6 heterocycles. The van der Waals surface area contributed by atoms with Gasteiger partial charge in [-0.15, -0.1) is 0 Å². The van der Waals surface area contributed by atoms with E-state index in [4.69, 9.17) is 22.1 Å². The third-order valence-corrected chi connectivity index (χ3v) is 11.6. The van der Waals surface area contributed by atoms with Gasteiger partial charge >= 0.3 is 0 Å².